The van der Waals surface area contributed by atoms with Crippen molar-refractivity contribution in [3.63, 3.8) is 0 Å². The van der Waals surface area contributed by atoms with E-state index >= 15 is 0 Å². The van der Waals surface area contributed by atoms with Gasteiger partial charge in [0, 0.05) is 57.3 Å². The minimum Gasteiger partial charge on any atom is -0.376 e. The van der Waals surface area contributed by atoms with Crippen molar-refractivity contribution in [2.24, 2.45) is 5.92 Å². The molecule has 6 nitrogen and oxygen atoms in total. The molecule has 1 saturated carbocycles. The Morgan fingerprint density at radius 1 is 1.25 bits per heavy atom. The van der Waals surface area contributed by atoms with E-state index in [1.165, 1.54) is 30.5 Å². The molecule has 1 aromatic carbocycles. The second-order valence-electron chi connectivity index (χ2n) is 9.36. The van der Waals surface area contributed by atoms with Crippen molar-refractivity contribution in [1.82, 2.24) is 19.7 Å². The van der Waals surface area contributed by atoms with E-state index in [-0.39, 0.29) is 12.5 Å². The molecule has 2 heterocycles. The minimum atomic E-state index is 0.0793. The number of benzene rings is 1. The van der Waals surface area contributed by atoms with Crippen molar-refractivity contribution in [2.45, 2.75) is 32.4 Å². The van der Waals surface area contributed by atoms with Crippen LogP contribution < -0.4 is 5.32 Å². The maximum Gasteiger partial charge on any atom is 0.242 e. The monoisotopic (exact) mass is 455 g/mol. The zero-order chi connectivity index (χ0) is 22.5. The van der Waals surface area contributed by atoms with Gasteiger partial charge in [-0.15, -0.1) is 0 Å². The number of rotatable bonds is 10. The summed E-state index contributed by atoms with van der Waals surface area (Å²) in [5.74, 6) is 0.994. The standard InChI is InChI=1S/C25H34ClN5O/c1-29(2)10-11-31(17-20-12-22(26)14-27-13-20)25(32)15-28-24-5-3-4-21-18-30(9-8-23(21)24)16-19-6-7-19/h3-5,12-14,19,28H,6-11,15-18H2,1-2H3. The highest BCUT2D eigenvalue weighted by molar-refractivity contribution is 6.30. The number of carbonyl (C=O) groups excluding carboxylic acids is 1. The van der Waals surface area contributed by atoms with Crippen molar-refractivity contribution in [1.29, 1.82) is 0 Å². The lowest BCUT2D eigenvalue weighted by molar-refractivity contribution is -0.130. The molecule has 7 heteroatoms. The van der Waals surface area contributed by atoms with Gasteiger partial charge in [0.25, 0.3) is 0 Å². The number of hydrogen-bond acceptors (Lipinski definition) is 5. The molecular formula is C25H34ClN5O. The number of likely N-dealkylation sites (N-methyl/N-ethyl adjacent to an activating group) is 1. The van der Waals surface area contributed by atoms with Crippen LogP contribution in [0.4, 0.5) is 5.69 Å². The maximum absolute atomic E-state index is 13.2. The lowest BCUT2D eigenvalue weighted by Crippen LogP contribution is -2.39. The Morgan fingerprint density at radius 3 is 2.84 bits per heavy atom. The van der Waals surface area contributed by atoms with E-state index in [2.05, 4.69) is 38.3 Å². The van der Waals surface area contributed by atoms with Gasteiger partial charge in [0.1, 0.15) is 0 Å². The summed E-state index contributed by atoms with van der Waals surface area (Å²) < 4.78 is 0. The zero-order valence-electron chi connectivity index (χ0n) is 19.2. The van der Waals surface area contributed by atoms with E-state index in [9.17, 15) is 4.79 Å². The van der Waals surface area contributed by atoms with E-state index in [0.29, 0.717) is 18.1 Å². The highest BCUT2D eigenvalue weighted by atomic mass is 35.5. The second kappa shape index (κ2) is 10.6. The third kappa shape index (κ3) is 6.44. The molecule has 0 spiro atoms. The van der Waals surface area contributed by atoms with Gasteiger partial charge in [-0.05, 0) is 68.1 Å². The maximum atomic E-state index is 13.2. The molecule has 1 amide bonds. The number of fused-ring (bicyclic) bond motifs is 1. The molecule has 1 aromatic heterocycles. The Morgan fingerprint density at radius 2 is 2.09 bits per heavy atom. The number of carbonyl (C=O) groups is 1. The fourth-order valence-electron chi connectivity index (χ4n) is 4.31. The Kier molecular flexibility index (Phi) is 7.66. The van der Waals surface area contributed by atoms with Gasteiger partial charge in [0.2, 0.25) is 5.91 Å². The zero-order valence-corrected chi connectivity index (χ0v) is 19.9. The lowest BCUT2D eigenvalue weighted by Gasteiger charge is -2.30. The SMILES string of the molecule is CN(C)CCN(Cc1cncc(Cl)c1)C(=O)CNc1cccc2c1CCN(CC1CC1)C2. The summed E-state index contributed by atoms with van der Waals surface area (Å²) in [6, 6.07) is 8.32. The first kappa shape index (κ1) is 23.0. The van der Waals surface area contributed by atoms with Crippen LogP contribution in [0.2, 0.25) is 5.02 Å². The number of hydrogen-bond donors (Lipinski definition) is 1. The first-order valence-corrected chi connectivity index (χ1v) is 11.9. The van der Waals surface area contributed by atoms with Gasteiger partial charge in [-0.2, -0.15) is 0 Å². The van der Waals surface area contributed by atoms with Crippen molar-refractivity contribution in [3.05, 3.63) is 58.4 Å². The Labute approximate surface area is 196 Å². The number of nitrogens with zero attached hydrogens (tertiary/aromatic N) is 4. The van der Waals surface area contributed by atoms with Gasteiger partial charge < -0.3 is 15.1 Å². The molecule has 0 saturated heterocycles. The number of amides is 1. The molecule has 0 atom stereocenters. The van der Waals surface area contributed by atoms with Crippen LogP contribution in [0, 0.1) is 5.92 Å². The van der Waals surface area contributed by atoms with Gasteiger partial charge >= 0.3 is 0 Å². The average molecular weight is 456 g/mol. The van der Waals surface area contributed by atoms with Gasteiger partial charge in [-0.25, -0.2) is 0 Å². The Hall–Kier alpha value is -2.15. The van der Waals surface area contributed by atoms with Gasteiger partial charge in [-0.3, -0.25) is 14.7 Å². The Balaban J connectivity index is 1.39. The second-order valence-corrected chi connectivity index (χ2v) is 9.79. The molecule has 0 radical (unpaired) electrons. The van der Waals surface area contributed by atoms with E-state index in [1.807, 2.05) is 25.1 Å². The molecule has 1 N–H and O–H groups in total. The summed E-state index contributed by atoms with van der Waals surface area (Å²) in [5.41, 5.74) is 4.80. The number of nitrogens with one attached hydrogen (secondary N) is 1. The smallest absolute Gasteiger partial charge is 0.242 e. The topological polar surface area (TPSA) is 51.7 Å². The molecule has 172 valence electrons. The molecule has 1 aliphatic heterocycles. The molecule has 1 fully saturated rings. The lowest BCUT2D eigenvalue weighted by atomic mass is 9.97. The summed E-state index contributed by atoms with van der Waals surface area (Å²) in [5, 5.41) is 4.03. The number of pyridine rings is 1. The predicted octanol–water partition coefficient (Wildman–Crippen LogP) is 3.51. The largest absolute Gasteiger partial charge is 0.376 e. The molecule has 2 aromatic rings. The molecule has 2 aliphatic rings. The Bertz CT molecular complexity index is 930. The van der Waals surface area contributed by atoms with Gasteiger partial charge in [0.15, 0.2) is 0 Å². The molecule has 32 heavy (non-hydrogen) atoms. The molecule has 1 aliphatic carbocycles. The summed E-state index contributed by atoms with van der Waals surface area (Å²) in [4.78, 5) is 23.9. The van der Waals surface area contributed by atoms with Gasteiger partial charge in [0.05, 0.1) is 11.6 Å². The van der Waals surface area contributed by atoms with Crippen LogP contribution in [-0.2, 0) is 24.3 Å². The normalized spacial score (nSPS) is 16.1. The summed E-state index contributed by atoms with van der Waals surface area (Å²) in [7, 11) is 4.04. The summed E-state index contributed by atoms with van der Waals surface area (Å²) in [6.45, 7) is 5.60. The van der Waals surface area contributed by atoms with Crippen LogP contribution in [0.1, 0.15) is 29.5 Å². The quantitative estimate of drug-likeness (QED) is 0.594. The van der Waals surface area contributed by atoms with E-state index < -0.39 is 0 Å². The fourth-order valence-corrected chi connectivity index (χ4v) is 4.51. The van der Waals surface area contributed by atoms with Crippen molar-refractivity contribution < 1.29 is 4.79 Å². The summed E-state index contributed by atoms with van der Waals surface area (Å²) >= 11 is 6.10. The molecule has 4 rings (SSSR count). The molecule has 0 unspecified atom stereocenters. The van der Waals surface area contributed by atoms with Gasteiger partial charge in [-0.1, -0.05) is 23.7 Å². The van der Waals surface area contributed by atoms with Crippen LogP contribution in [0.5, 0.6) is 0 Å². The van der Waals surface area contributed by atoms with Crippen molar-refractivity contribution in [2.75, 3.05) is 52.1 Å². The summed E-state index contributed by atoms with van der Waals surface area (Å²) in [6.07, 6.45) is 7.21. The average Bonchev–Trinajstić information content (AvgIpc) is 3.58. The van der Waals surface area contributed by atoms with Crippen LogP contribution in [0.15, 0.2) is 36.7 Å². The molecule has 0 bridgehead atoms. The van der Waals surface area contributed by atoms with Crippen LogP contribution in [-0.4, -0.2) is 72.4 Å². The predicted molar refractivity (Wildman–Crippen MR) is 130 cm³/mol. The third-order valence-electron chi connectivity index (χ3n) is 6.29. The highest BCUT2D eigenvalue weighted by Gasteiger charge is 2.27. The third-order valence-corrected chi connectivity index (χ3v) is 6.50. The highest BCUT2D eigenvalue weighted by Crippen LogP contribution is 2.32. The minimum absolute atomic E-state index is 0.0793. The number of aromatic nitrogens is 1. The van der Waals surface area contributed by atoms with Crippen LogP contribution >= 0.6 is 11.6 Å². The first-order chi connectivity index (χ1) is 15.5. The fraction of sp³-hybridized carbons (Fsp3) is 0.520. The van der Waals surface area contributed by atoms with Crippen LogP contribution in [0.3, 0.4) is 0 Å². The van der Waals surface area contributed by atoms with Crippen molar-refractivity contribution >= 4 is 23.2 Å². The molecular weight excluding hydrogens is 422 g/mol. The van der Waals surface area contributed by atoms with E-state index in [4.69, 9.17) is 11.6 Å². The number of halogens is 1. The number of anilines is 1. The van der Waals surface area contributed by atoms with E-state index in [0.717, 1.165) is 43.2 Å². The van der Waals surface area contributed by atoms with Crippen LogP contribution in [0.25, 0.3) is 0 Å². The first-order valence-electron chi connectivity index (χ1n) is 11.6. The van der Waals surface area contributed by atoms with Crippen molar-refractivity contribution in [3.8, 4) is 0 Å². The van der Waals surface area contributed by atoms with E-state index in [1.54, 1.807) is 12.4 Å².